The van der Waals surface area contributed by atoms with E-state index in [0.29, 0.717) is 12.1 Å². The van der Waals surface area contributed by atoms with Crippen LogP contribution in [0, 0.1) is 21.7 Å². The summed E-state index contributed by atoms with van der Waals surface area (Å²) in [5.41, 5.74) is -2.95. The van der Waals surface area contributed by atoms with E-state index in [9.17, 15) is 36.9 Å². The van der Waals surface area contributed by atoms with E-state index in [1.54, 1.807) is 0 Å². The molecule has 2 rings (SSSR count). The maximum absolute atomic E-state index is 13.5. The second-order valence-electron chi connectivity index (χ2n) is 5.27. The Morgan fingerprint density at radius 1 is 1.07 bits per heavy atom. The first-order chi connectivity index (χ1) is 12.6. The first-order valence-electron chi connectivity index (χ1n) is 7.43. The Balaban J connectivity index is 2.01. The normalized spacial score (nSPS) is 11.1. The molecular formula is C16H12F5N3O3. The van der Waals surface area contributed by atoms with Crippen LogP contribution in [0.2, 0.25) is 0 Å². The molecule has 0 aliphatic carbocycles. The fourth-order valence-corrected chi connectivity index (χ4v) is 2.18. The predicted molar refractivity (Wildman–Crippen MR) is 85.3 cm³/mol. The zero-order chi connectivity index (χ0) is 20.2. The number of amides is 1. The summed E-state index contributed by atoms with van der Waals surface area (Å²) < 4.78 is 64.8. The zero-order valence-electron chi connectivity index (χ0n) is 13.4. The van der Waals surface area contributed by atoms with Crippen LogP contribution in [0.1, 0.15) is 15.9 Å². The van der Waals surface area contributed by atoms with Gasteiger partial charge in [0.25, 0.3) is 11.6 Å². The van der Waals surface area contributed by atoms with Crippen molar-refractivity contribution in [3.63, 3.8) is 0 Å². The van der Waals surface area contributed by atoms with Gasteiger partial charge in [-0.2, -0.15) is 13.2 Å². The summed E-state index contributed by atoms with van der Waals surface area (Å²) >= 11 is 0. The Hall–Kier alpha value is -3.24. The second kappa shape index (κ2) is 7.98. The second-order valence-corrected chi connectivity index (χ2v) is 5.27. The molecule has 0 aromatic heterocycles. The Kier molecular flexibility index (Phi) is 5.93. The summed E-state index contributed by atoms with van der Waals surface area (Å²) in [6.07, 6.45) is -4.74. The van der Waals surface area contributed by atoms with Gasteiger partial charge in [-0.25, -0.2) is 8.78 Å². The molecule has 0 bridgehead atoms. The first-order valence-corrected chi connectivity index (χ1v) is 7.43. The maximum Gasteiger partial charge on any atom is 0.416 e. The minimum absolute atomic E-state index is 0.131. The maximum atomic E-state index is 13.5. The van der Waals surface area contributed by atoms with Gasteiger partial charge in [0.15, 0.2) is 0 Å². The number of carbonyl (C=O) groups is 1. The van der Waals surface area contributed by atoms with E-state index >= 15 is 0 Å². The molecule has 0 spiro atoms. The molecule has 2 N–H and O–H groups in total. The minimum atomic E-state index is -4.74. The molecule has 6 nitrogen and oxygen atoms in total. The largest absolute Gasteiger partial charge is 0.416 e. The van der Waals surface area contributed by atoms with E-state index in [-0.39, 0.29) is 18.8 Å². The fraction of sp³-hybridized carbons (Fsp3) is 0.188. The Morgan fingerprint density at radius 3 is 2.26 bits per heavy atom. The number of nitrogens with one attached hydrogen (secondary N) is 2. The number of nitrogens with zero attached hydrogens (tertiary/aromatic N) is 1. The molecule has 144 valence electrons. The molecule has 0 heterocycles. The summed E-state index contributed by atoms with van der Waals surface area (Å²) in [6, 6.07) is 4.84. The summed E-state index contributed by atoms with van der Waals surface area (Å²) in [5, 5.41) is 15.6. The number of rotatable bonds is 6. The smallest absolute Gasteiger partial charge is 0.378 e. The van der Waals surface area contributed by atoms with Gasteiger partial charge in [-0.15, -0.1) is 0 Å². The van der Waals surface area contributed by atoms with Crippen molar-refractivity contribution in [3.8, 4) is 0 Å². The lowest BCUT2D eigenvalue weighted by atomic mass is 10.1. The zero-order valence-corrected chi connectivity index (χ0v) is 13.4. The third-order valence-corrected chi connectivity index (χ3v) is 3.44. The first kappa shape index (κ1) is 20.1. The molecule has 2 aromatic carbocycles. The van der Waals surface area contributed by atoms with E-state index in [4.69, 9.17) is 0 Å². The summed E-state index contributed by atoms with van der Waals surface area (Å²) in [4.78, 5) is 21.7. The number of hydrogen-bond donors (Lipinski definition) is 2. The lowest BCUT2D eigenvalue weighted by Crippen LogP contribution is -2.30. The number of nitro groups is 1. The van der Waals surface area contributed by atoms with Crippen LogP contribution in [0.15, 0.2) is 36.4 Å². The van der Waals surface area contributed by atoms with Gasteiger partial charge in [-0.3, -0.25) is 14.9 Å². The summed E-state index contributed by atoms with van der Waals surface area (Å²) in [5.74, 6) is -3.15. The topological polar surface area (TPSA) is 84.3 Å². The molecule has 0 aliphatic rings. The van der Waals surface area contributed by atoms with Crippen molar-refractivity contribution in [2.75, 3.05) is 18.4 Å². The lowest BCUT2D eigenvalue weighted by molar-refractivity contribution is -0.384. The van der Waals surface area contributed by atoms with E-state index in [1.165, 1.54) is 0 Å². The average molecular weight is 389 g/mol. The summed E-state index contributed by atoms with van der Waals surface area (Å²) in [7, 11) is 0. The molecule has 11 heteroatoms. The third kappa shape index (κ3) is 4.90. The Labute approximate surface area is 149 Å². The number of halogens is 5. The molecule has 0 fully saturated rings. The van der Waals surface area contributed by atoms with Crippen LogP contribution in [0.4, 0.5) is 33.3 Å². The molecular weight excluding hydrogens is 377 g/mol. The van der Waals surface area contributed by atoms with Crippen molar-refractivity contribution in [3.05, 3.63) is 69.3 Å². The Bertz CT molecular complexity index is 851. The van der Waals surface area contributed by atoms with Crippen LogP contribution in [0.3, 0.4) is 0 Å². The number of alkyl halides is 3. The monoisotopic (exact) mass is 389 g/mol. The number of benzene rings is 2. The van der Waals surface area contributed by atoms with Crippen LogP contribution in [-0.4, -0.2) is 23.9 Å². The van der Waals surface area contributed by atoms with Crippen molar-refractivity contribution < 1.29 is 31.7 Å². The van der Waals surface area contributed by atoms with E-state index < -0.39 is 45.5 Å². The molecule has 0 aliphatic heterocycles. The van der Waals surface area contributed by atoms with Crippen LogP contribution in [0.5, 0.6) is 0 Å². The number of anilines is 1. The molecule has 0 saturated heterocycles. The molecule has 0 atom stereocenters. The predicted octanol–water partition coefficient (Wildman–Crippen LogP) is 3.73. The van der Waals surface area contributed by atoms with Gasteiger partial charge >= 0.3 is 6.18 Å². The van der Waals surface area contributed by atoms with Crippen LogP contribution in [0.25, 0.3) is 0 Å². The SMILES string of the molecule is O=C(NCCNc1ccc(C(F)(F)F)cc1[N+](=O)[O-])c1c(F)cccc1F. The van der Waals surface area contributed by atoms with E-state index in [0.717, 1.165) is 24.3 Å². The van der Waals surface area contributed by atoms with Gasteiger partial charge in [-0.05, 0) is 24.3 Å². The highest BCUT2D eigenvalue weighted by molar-refractivity contribution is 5.94. The van der Waals surface area contributed by atoms with Gasteiger partial charge in [0, 0.05) is 19.2 Å². The number of carbonyl (C=O) groups excluding carboxylic acids is 1. The van der Waals surface area contributed by atoms with E-state index in [1.807, 2.05) is 0 Å². The van der Waals surface area contributed by atoms with Crippen LogP contribution in [-0.2, 0) is 6.18 Å². The van der Waals surface area contributed by atoms with Gasteiger partial charge in [0.1, 0.15) is 22.9 Å². The minimum Gasteiger partial charge on any atom is -0.378 e. The van der Waals surface area contributed by atoms with Crippen LogP contribution < -0.4 is 10.6 Å². The van der Waals surface area contributed by atoms with Crippen molar-refractivity contribution in [2.24, 2.45) is 0 Å². The molecule has 1 amide bonds. The van der Waals surface area contributed by atoms with Crippen molar-refractivity contribution in [1.29, 1.82) is 0 Å². The van der Waals surface area contributed by atoms with Crippen LogP contribution >= 0.6 is 0 Å². The van der Waals surface area contributed by atoms with Gasteiger partial charge in [0.2, 0.25) is 0 Å². The van der Waals surface area contributed by atoms with Crippen molar-refractivity contribution in [2.45, 2.75) is 6.18 Å². The van der Waals surface area contributed by atoms with Gasteiger partial charge < -0.3 is 10.6 Å². The molecule has 27 heavy (non-hydrogen) atoms. The summed E-state index contributed by atoms with van der Waals surface area (Å²) in [6.45, 7) is -0.321. The highest BCUT2D eigenvalue weighted by Gasteiger charge is 2.33. The molecule has 0 radical (unpaired) electrons. The molecule has 0 saturated carbocycles. The fourth-order valence-electron chi connectivity index (χ4n) is 2.18. The lowest BCUT2D eigenvalue weighted by Gasteiger charge is -2.11. The third-order valence-electron chi connectivity index (χ3n) is 3.44. The average Bonchev–Trinajstić information content (AvgIpc) is 2.57. The molecule has 2 aromatic rings. The van der Waals surface area contributed by atoms with Gasteiger partial charge in [-0.1, -0.05) is 6.07 Å². The highest BCUT2D eigenvalue weighted by atomic mass is 19.4. The highest BCUT2D eigenvalue weighted by Crippen LogP contribution is 2.34. The quantitative estimate of drug-likeness (QED) is 0.341. The van der Waals surface area contributed by atoms with Crippen molar-refractivity contribution in [1.82, 2.24) is 5.32 Å². The number of hydrogen-bond acceptors (Lipinski definition) is 4. The number of nitro benzene ring substituents is 1. The molecule has 0 unspecified atom stereocenters. The Morgan fingerprint density at radius 2 is 1.70 bits per heavy atom. The van der Waals surface area contributed by atoms with E-state index in [2.05, 4.69) is 10.6 Å². The standard InChI is InChI=1S/C16H12F5N3O3/c17-10-2-1-3-11(18)14(10)15(25)23-7-6-22-12-5-4-9(16(19,20)21)8-13(12)24(26)27/h1-5,8,22H,6-7H2,(H,23,25). The van der Waals surface area contributed by atoms with Crippen molar-refractivity contribution >= 4 is 17.3 Å². The van der Waals surface area contributed by atoms with Gasteiger partial charge in [0.05, 0.1) is 10.5 Å².